The van der Waals surface area contributed by atoms with Gasteiger partial charge in [-0.1, -0.05) is 24.3 Å². The molecule has 1 amide bonds. The Balaban J connectivity index is 1.22. The Morgan fingerprint density at radius 1 is 1.17 bits per heavy atom. The van der Waals surface area contributed by atoms with Crippen molar-refractivity contribution >= 4 is 22.7 Å². The molecule has 0 radical (unpaired) electrons. The van der Waals surface area contributed by atoms with Crippen molar-refractivity contribution in [2.45, 2.75) is 26.2 Å². The molecule has 3 aromatic rings. The minimum atomic E-state index is -0.511. The summed E-state index contributed by atoms with van der Waals surface area (Å²) in [5, 5.41) is 3.01. The maximum absolute atomic E-state index is 12.7. The van der Waals surface area contributed by atoms with Crippen LogP contribution in [0.4, 0.5) is 5.69 Å². The standard InChI is InChI=1S/C27H34N4O4/c1-3-4-9-20-18-21(19-22-25(20)35-27(33)29-22)26(32)28-12-7-8-13-30-14-16-31(17-15-30)23-10-5-6-11-24(23)34-2/h3-6,10-11,18-19H,7-9,12-17H2,1-2H3,(H,28,32)(H,29,33)/b4-3+. The van der Waals surface area contributed by atoms with Crippen LogP contribution in [-0.4, -0.2) is 62.2 Å². The molecule has 35 heavy (non-hydrogen) atoms. The van der Waals surface area contributed by atoms with Gasteiger partial charge in [-0.05, 0) is 57.0 Å². The molecule has 1 aliphatic heterocycles. The third kappa shape index (κ3) is 6.14. The third-order valence-electron chi connectivity index (χ3n) is 6.42. The fourth-order valence-corrected chi connectivity index (χ4v) is 4.53. The second-order valence-electron chi connectivity index (χ2n) is 8.76. The lowest BCUT2D eigenvalue weighted by Gasteiger charge is -2.36. The Labute approximate surface area is 205 Å². The fourth-order valence-electron chi connectivity index (χ4n) is 4.53. The largest absolute Gasteiger partial charge is 0.495 e. The SMILES string of the molecule is C/C=C/Cc1cc(C(=O)NCCCCN2CCN(c3ccccc3OC)CC2)cc2[nH]c(=O)oc12. The van der Waals surface area contributed by atoms with Crippen molar-refractivity contribution in [2.24, 2.45) is 0 Å². The number of piperazine rings is 1. The van der Waals surface area contributed by atoms with E-state index in [4.69, 9.17) is 9.15 Å². The molecule has 0 unspecified atom stereocenters. The molecule has 1 saturated heterocycles. The number of amides is 1. The number of ether oxygens (including phenoxy) is 1. The number of carbonyl (C=O) groups excluding carboxylic acids is 1. The minimum Gasteiger partial charge on any atom is -0.495 e. The summed E-state index contributed by atoms with van der Waals surface area (Å²) in [7, 11) is 1.72. The van der Waals surface area contributed by atoms with Crippen molar-refractivity contribution in [2.75, 3.05) is 51.3 Å². The zero-order valence-electron chi connectivity index (χ0n) is 20.5. The highest BCUT2D eigenvalue weighted by Crippen LogP contribution is 2.28. The summed E-state index contributed by atoms with van der Waals surface area (Å²) in [6.07, 6.45) is 6.44. The molecule has 2 aromatic carbocycles. The second kappa shape index (κ2) is 11.8. The number of nitrogens with zero attached hydrogens (tertiary/aromatic N) is 2. The molecular formula is C27H34N4O4. The Hall–Kier alpha value is -3.52. The minimum absolute atomic E-state index is 0.138. The van der Waals surface area contributed by atoms with Crippen LogP contribution in [-0.2, 0) is 6.42 Å². The van der Waals surface area contributed by atoms with Gasteiger partial charge in [-0.15, -0.1) is 0 Å². The van der Waals surface area contributed by atoms with Gasteiger partial charge in [-0.3, -0.25) is 14.7 Å². The summed E-state index contributed by atoms with van der Waals surface area (Å²) >= 11 is 0. The first-order valence-corrected chi connectivity index (χ1v) is 12.2. The van der Waals surface area contributed by atoms with Crippen molar-refractivity contribution < 1.29 is 13.9 Å². The lowest BCUT2D eigenvalue weighted by atomic mass is 10.1. The second-order valence-corrected chi connectivity index (χ2v) is 8.76. The van der Waals surface area contributed by atoms with Crippen molar-refractivity contribution in [3.05, 3.63) is 70.2 Å². The zero-order chi connectivity index (χ0) is 24.6. The highest BCUT2D eigenvalue weighted by Gasteiger charge is 2.19. The number of aromatic amines is 1. The van der Waals surface area contributed by atoms with E-state index in [0.717, 1.165) is 62.6 Å². The first-order chi connectivity index (χ1) is 17.1. The number of hydrogen-bond donors (Lipinski definition) is 2. The van der Waals surface area contributed by atoms with Gasteiger partial charge < -0.3 is 19.4 Å². The summed E-state index contributed by atoms with van der Waals surface area (Å²) in [5.41, 5.74) is 3.56. The fraction of sp³-hybridized carbons (Fsp3) is 0.407. The number of anilines is 1. The van der Waals surface area contributed by atoms with Crippen molar-refractivity contribution in [1.29, 1.82) is 0 Å². The molecule has 0 bridgehead atoms. The summed E-state index contributed by atoms with van der Waals surface area (Å²) in [6, 6.07) is 11.6. The van der Waals surface area contributed by atoms with E-state index in [2.05, 4.69) is 26.2 Å². The van der Waals surface area contributed by atoms with Crippen LogP contribution < -0.4 is 20.7 Å². The summed E-state index contributed by atoms with van der Waals surface area (Å²) < 4.78 is 10.8. The molecule has 0 spiro atoms. The first kappa shape index (κ1) is 24.6. The maximum atomic E-state index is 12.7. The number of hydrogen-bond acceptors (Lipinski definition) is 6. The topological polar surface area (TPSA) is 90.8 Å². The van der Waals surface area contributed by atoms with E-state index in [1.807, 2.05) is 37.3 Å². The van der Waals surface area contributed by atoms with Gasteiger partial charge in [0.25, 0.3) is 5.91 Å². The Morgan fingerprint density at radius 2 is 1.97 bits per heavy atom. The van der Waals surface area contributed by atoms with Gasteiger partial charge in [-0.25, -0.2) is 4.79 Å². The van der Waals surface area contributed by atoms with Crippen molar-refractivity contribution in [3.63, 3.8) is 0 Å². The number of methoxy groups -OCH3 is 1. The molecule has 2 heterocycles. The van der Waals surface area contributed by atoms with Crippen LogP contribution in [0.1, 0.15) is 35.7 Å². The van der Waals surface area contributed by atoms with E-state index in [0.29, 0.717) is 29.6 Å². The molecule has 0 saturated carbocycles. The molecule has 4 rings (SSSR count). The molecule has 1 aromatic heterocycles. The van der Waals surface area contributed by atoms with Gasteiger partial charge in [-0.2, -0.15) is 0 Å². The number of fused-ring (bicyclic) bond motifs is 1. The van der Waals surface area contributed by atoms with E-state index in [1.54, 1.807) is 19.2 Å². The third-order valence-corrected chi connectivity index (χ3v) is 6.42. The number of rotatable bonds is 10. The molecule has 1 aliphatic rings. The predicted molar refractivity (Wildman–Crippen MR) is 139 cm³/mol. The van der Waals surface area contributed by atoms with E-state index < -0.39 is 5.76 Å². The van der Waals surface area contributed by atoms with Gasteiger partial charge in [0.15, 0.2) is 5.58 Å². The van der Waals surface area contributed by atoms with Gasteiger partial charge in [0.1, 0.15) is 5.75 Å². The first-order valence-electron chi connectivity index (χ1n) is 12.2. The number of H-pyrrole nitrogens is 1. The molecule has 8 heteroatoms. The normalized spacial score (nSPS) is 14.6. The quantitative estimate of drug-likeness (QED) is 0.342. The number of aromatic nitrogens is 1. The molecule has 186 valence electrons. The van der Waals surface area contributed by atoms with Gasteiger partial charge in [0.2, 0.25) is 0 Å². The van der Waals surface area contributed by atoms with Gasteiger partial charge in [0.05, 0.1) is 18.3 Å². The summed E-state index contributed by atoms with van der Waals surface area (Å²) in [5.74, 6) is 0.271. The maximum Gasteiger partial charge on any atom is 0.417 e. The van der Waals surface area contributed by atoms with Gasteiger partial charge in [0, 0.05) is 43.9 Å². The van der Waals surface area contributed by atoms with Crippen LogP contribution in [0.3, 0.4) is 0 Å². The predicted octanol–water partition coefficient (Wildman–Crippen LogP) is 3.58. The lowest BCUT2D eigenvalue weighted by molar-refractivity contribution is 0.0952. The molecule has 8 nitrogen and oxygen atoms in total. The Bertz CT molecular complexity index is 1220. The molecule has 2 N–H and O–H groups in total. The zero-order valence-corrected chi connectivity index (χ0v) is 20.5. The number of para-hydroxylation sites is 2. The number of allylic oxidation sites excluding steroid dienone is 2. The summed E-state index contributed by atoms with van der Waals surface area (Å²) in [4.78, 5) is 31.9. The molecule has 1 fully saturated rings. The van der Waals surface area contributed by atoms with E-state index >= 15 is 0 Å². The Morgan fingerprint density at radius 3 is 2.74 bits per heavy atom. The van der Waals surface area contributed by atoms with E-state index in [-0.39, 0.29) is 5.91 Å². The molecule has 0 aliphatic carbocycles. The van der Waals surface area contributed by atoms with Crippen molar-refractivity contribution in [1.82, 2.24) is 15.2 Å². The van der Waals surface area contributed by atoms with Crippen LogP contribution >= 0.6 is 0 Å². The average Bonchev–Trinajstić information content (AvgIpc) is 3.27. The monoisotopic (exact) mass is 478 g/mol. The number of benzene rings is 2. The molecular weight excluding hydrogens is 444 g/mol. The molecule has 0 atom stereocenters. The lowest BCUT2D eigenvalue weighted by Crippen LogP contribution is -2.46. The van der Waals surface area contributed by atoms with E-state index in [1.165, 1.54) is 0 Å². The van der Waals surface area contributed by atoms with Crippen LogP contribution in [0.5, 0.6) is 5.75 Å². The van der Waals surface area contributed by atoms with Crippen LogP contribution in [0.15, 0.2) is 57.8 Å². The highest BCUT2D eigenvalue weighted by molar-refractivity contribution is 5.97. The average molecular weight is 479 g/mol. The van der Waals surface area contributed by atoms with Crippen molar-refractivity contribution in [3.8, 4) is 5.75 Å². The van der Waals surface area contributed by atoms with E-state index in [9.17, 15) is 9.59 Å². The van der Waals surface area contributed by atoms with Crippen LogP contribution in [0.2, 0.25) is 0 Å². The Kier molecular flexibility index (Phi) is 8.26. The number of oxazole rings is 1. The number of carbonyl (C=O) groups is 1. The summed E-state index contributed by atoms with van der Waals surface area (Å²) in [6.45, 7) is 7.55. The smallest absolute Gasteiger partial charge is 0.417 e. The number of nitrogens with one attached hydrogen (secondary N) is 2. The number of unbranched alkanes of at least 4 members (excludes halogenated alkanes) is 1. The van der Waals surface area contributed by atoms with Gasteiger partial charge >= 0.3 is 5.76 Å². The van der Waals surface area contributed by atoms with Crippen LogP contribution in [0, 0.1) is 0 Å². The van der Waals surface area contributed by atoms with Crippen LogP contribution in [0.25, 0.3) is 11.1 Å². The highest BCUT2D eigenvalue weighted by atomic mass is 16.5.